The number of hydrogen-bond acceptors (Lipinski definition) is 5. The van der Waals surface area contributed by atoms with Crippen LogP contribution in [0.2, 0.25) is 18.1 Å². The molecule has 1 aromatic rings. The molecule has 5 nitrogen and oxygen atoms in total. The summed E-state index contributed by atoms with van der Waals surface area (Å²) in [5, 5.41) is 0.0839. The number of ether oxygens (including phenoxy) is 2. The molecule has 0 aromatic heterocycles. The molecule has 0 heterocycles. The van der Waals surface area contributed by atoms with E-state index in [9.17, 15) is 9.59 Å². The molecule has 3 rings (SSSR count). The quantitative estimate of drug-likeness (QED) is 0.177. The number of carbonyl (C=O) groups excluding carboxylic acids is 2. The van der Waals surface area contributed by atoms with E-state index in [1.54, 1.807) is 13.2 Å². The van der Waals surface area contributed by atoms with Crippen LogP contribution in [0, 0.1) is 17.3 Å². The van der Waals surface area contributed by atoms with Gasteiger partial charge in [0.2, 0.25) is 8.32 Å². The zero-order valence-corrected chi connectivity index (χ0v) is 23.7. The van der Waals surface area contributed by atoms with Gasteiger partial charge in [0.15, 0.2) is 5.78 Å². The summed E-state index contributed by atoms with van der Waals surface area (Å²) in [6.07, 6.45) is 9.74. The summed E-state index contributed by atoms with van der Waals surface area (Å²) in [6, 6.07) is 5.77. The van der Waals surface area contributed by atoms with Crippen molar-refractivity contribution in [2.45, 2.75) is 77.9 Å². The predicted molar refractivity (Wildman–Crippen MR) is 142 cm³/mol. The summed E-state index contributed by atoms with van der Waals surface area (Å²) in [5.74, 6) is 0.648. The maximum Gasteiger partial charge on any atom is 0.330 e. The van der Waals surface area contributed by atoms with Gasteiger partial charge in [-0.1, -0.05) is 33.3 Å². The van der Waals surface area contributed by atoms with Crippen molar-refractivity contribution in [3.05, 3.63) is 53.3 Å². The van der Waals surface area contributed by atoms with Crippen molar-refractivity contribution in [1.29, 1.82) is 0 Å². The number of hydrogen-bond donors (Lipinski definition) is 0. The van der Waals surface area contributed by atoms with Gasteiger partial charge in [0.05, 0.1) is 20.5 Å². The van der Waals surface area contributed by atoms with Crippen LogP contribution < -0.4 is 4.74 Å². The molecule has 192 valence electrons. The van der Waals surface area contributed by atoms with Gasteiger partial charge in [0.25, 0.3) is 0 Å². The number of rotatable bonds is 7. The second-order valence-electron chi connectivity index (χ2n) is 11.4. The number of aryl methyl sites for hydroxylation is 1. The molecule has 0 N–H and O–H groups in total. The van der Waals surface area contributed by atoms with Crippen molar-refractivity contribution in [2.75, 3.05) is 14.2 Å². The van der Waals surface area contributed by atoms with E-state index in [0.717, 1.165) is 54.6 Å². The molecule has 0 unspecified atom stereocenters. The number of benzene rings is 1. The van der Waals surface area contributed by atoms with E-state index in [1.807, 2.05) is 24.5 Å². The second-order valence-corrected chi connectivity index (χ2v) is 16.2. The standard InChI is InChI=1S/C29H42O5Si/c1-9-29(16-17-34-35(7,8)28(2,3)4)21(19-26(30)33-6)11-15-25(29)24-13-10-20-18-22(32-5)12-14-23(20)27(24)31/h12,14,16-19,24-25H,9-11,13,15H2,1-8H3/b17-16+,21-19+/t24-,25+,29-/m1/s1. The molecule has 1 fully saturated rings. The Balaban J connectivity index is 2.00. The maximum atomic E-state index is 13.8. The van der Waals surface area contributed by atoms with Gasteiger partial charge < -0.3 is 13.9 Å². The van der Waals surface area contributed by atoms with Crippen LogP contribution in [0.1, 0.15) is 69.3 Å². The number of Topliss-reactive ketones (excluding diaryl/α,β-unsaturated/α-hetero) is 1. The Morgan fingerprint density at radius 1 is 1.17 bits per heavy atom. The Kier molecular flexibility index (Phi) is 8.05. The fraction of sp³-hybridized carbons (Fsp3) is 0.586. The summed E-state index contributed by atoms with van der Waals surface area (Å²) in [7, 11) is 1.07. The summed E-state index contributed by atoms with van der Waals surface area (Å²) < 4.78 is 16.8. The van der Waals surface area contributed by atoms with Crippen LogP contribution in [0.15, 0.2) is 42.2 Å². The fourth-order valence-electron chi connectivity index (χ4n) is 5.52. The zero-order chi connectivity index (χ0) is 26.0. The van der Waals surface area contributed by atoms with Gasteiger partial charge in [-0.05, 0) is 86.0 Å². The molecule has 0 saturated heterocycles. The highest BCUT2D eigenvalue weighted by molar-refractivity contribution is 6.74. The smallest absolute Gasteiger partial charge is 0.330 e. The lowest BCUT2D eigenvalue weighted by atomic mass is 9.63. The Bertz CT molecular complexity index is 1020. The van der Waals surface area contributed by atoms with E-state index in [1.165, 1.54) is 7.11 Å². The van der Waals surface area contributed by atoms with Crippen LogP contribution in [0.25, 0.3) is 0 Å². The molecule has 0 aliphatic heterocycles. The van der Waals surface area contributed by atoms with Crippen LogP contribution in [-0.2, 0) is 20.4 Å². The molecule has 2 aliphatic rings. The number of allylic oxidation sites excluding steroid dienone is 2. The van der Waals surface area contributed by atoms with Gasteiger partial charge in [-0.15, -0.1) is 0 Å². The van der Waals surface area contributed by atoms with Crippen LogP contribution in [0.5, 0.6) is 5.75 Å². The molecule has 0 amide bonds. The first kappa shape index (κ1) is 27.2. The van der Waals surface area contributed by atoms with Crippen molar-refractivity contribution in [2.24, 2.45) is 17.3 Å². The third-order valence-corrected chi connectivity index (χ3v) is 13.1. The van der Waals surface area contributed by atoms with E-state index in [-0.39, 0.29) is 28.6 Å². The van der Waals surface area contributed by atoms with Crippen LogP contribution >= 0.6 is 0 Å². The lowest BCUT2D eigenvalue weighted by molar-refractivity contribution is -0.134. The van der Waals surface area contributed by atoms with E-state index in [2.05, 4.69) is 46.9 Å². The van der Waals surface area contributed by atoms with E-state index < -0.39 is 13.7 Å². The van der Waals surface area contributed by atoms with Gasteiger partial charge >= 0.3 is 5.97 Å². The minimum absolute atomic E-state index is 0.0839. The normalized spacial score (nSPS) is 26.2. The van der Waals surface area contributed by atoms with Crippen LogP contribution in [0.4, 0.5) is 0 Å². The topological polar surface area (TPSA) is 61.8 Å². The van der Waals surface area contributed by atoms with Gasteiger partial charge in [-0.25, -0.2) is 4.79 Å². The Labute approximate surface area is 212 Å². The molecule has 0 radical (unpaired) electrons. The first-order valence-corrected chi connectivity index (χ1v) is 15.7. The van der Waals surface area contributed by atoms with Crippen molar-refractivity contribution in [3.63, 3.8) is 0 Å². The van der Waals surface area contributed by atoms with E-state index in [0.29, 0.717) is 0 Å². The number of esters is 1. The fourth-order valence-corrected chi connectivity index (χ4v) is 6.28. The number of carbonyl (C=O) groups is 2. The first-order chi connectivity index (χ1) is 16.4. The molecular weight excluding hydrogens is 456 g/mol. The van der Waals surface area contributed by atoms with Crippen LogP contribution in [-0.4, -0.2) is 34.3 Å². The summed E-state index contributed by atoms with van der Waals surface area (Å²) in [6.45, 7) is 13.3. The lowest BCUT2D eigenvalue weighted by Gasteiger charge is -2.40. The summed E-state index contributed by atoms with van der Waals surface area (Å²) in [4.78, 5) is 26.0. The average molecular weight is 499 g/mol. The number of ketones is 1. The molecule has 1 saturated carbocycles. The molecule has 35 heavy (non-hydrogen) atoms. The Morgan fingerprint density at radius 2 is 1.89 bits per heavy atom. The molecule has 0 bridgehead atoms. The van der Waals surface area contributed by atoms with Gasteiger partial charge in [0, 0.05) is 23.0 Å². The van der Waals surface area contributed by atoms with E-state index >= 15 is 0 Å². The summed E-state index contributed by atoms with van der Waals surface area (Å²) >= 11 is 0. The van der Waals surface area contributed by atoms with Gasteiger partial charge in [0.1, 0.15) is 5.75 Å². The third-order valence-electron chi connectivity index (χ3n) is 8.72. The first-order valence-electron chi connectivity index (χ1n) is 12.8. The highest BCUT2D eigenvalue weighted by Gasteiger charge is 2.50. The Hall–Kier alpha value is -2.34. The van der Waals surface area contributed by atoms with Crippen molar-refractivity contribution in [1.82, 2.24) is 0 Å². The monoisotopic (exact) mass is 498 g/mol. The predicted octanol–water partition coefficient (Wildman–Crippen LogP) is 6.88. The number of fused-ring (bicyclic) bond motifs is 1. The SMILES string of the molecule is CC[C@@]1(/C=C/O[Si](C)(C)C(C)(C)C)/C(=C/C(=O)OC)CC[C@H]1[C@H]1CCc2cc(OC)ccc2C1=O. The molecule has 1 aromatic carbocycles. The van der Waals surface area contributed by atoms with Crippen molar-refractivity contribution >= 4 is 20.1 Å². The molecular formula is C29H42O5Si. The minimum Gasteiger partial charge on any atom is -0.549 e. The summed E-state index contributed by atoms with van der Waals surface area (Å²) in [5.41, 5.74) is 2.49. The molecule has 3 atom stereocenters. The largest absolute Gasteiger partial charge is 0.549 e. The average Bonchev–Trinajstić information content (AvgIpc) is 3.15. The minimum atomic E-state index is -1.99. The zero-order valence-electron chi connectivity index (χ0n) is 22.7. The highest BCUT2D eigenvalue weighted by Crippen LogP contribution is 2.56. The van der Waals surface area contributed by atoms with E-state index in [4.69, 9.17) is 13.9 Å². The maximum absolute atomic E-state index is 13.8. The van der Waals surface area contributed by atoms with Crippen molar-refractivity contribution in [3.8, 4) is 5.75 Å². The van der Waals surface area contributed by atoms with Crippen molar-refractivity contribution < 1.29 is 23.5 Å². The second kappa shape index (κ2) is 10.3. The molecule has 0 spiro atoms. The third kappa shape index (κ3) is 5.27. The molecule has 6 heteroatoms. The highest BCUT2D eigenvalue weighted by atomic mass is 28.4. The van der Waals surface area contributed by atoms with Crippen LogP contribution in [0.3, 0.4) is 0 Å². The Morgan fingerprint density at radius 3 is 2.49 bits per heavy atom. The van der Waals surface area contributed by atoms with Gasteiger partial charge in [-0.3, -0.25) is 4.79 Å². The molecule has 2 aliphatic carbocycles. The number of methoxy groups -OCH3 is 2. The van der Waals surface area contributed by atoms with Gasteiger partial charge in [-0.2, -0.15) is 0 Å². The lowest BCUT2D eigenvalue weighted by Crippen LogP contribution is -2.40.